The van der Waals surface area contributed by atoms with E-state index in [1.54, 1.807) is 6.07 Å². The number of hydrogen-bond acceptors (Lipinski definition) is 3. The van der Waals surface area contributed by atoms with E-state index in [0.29, 0.717) is 17.2 Å². The number of aromatic carboxylic acids is 1. The fourth-order valence-corrected chi connectivity index (χ4v) is 3.98. The van der Waals surface area contributed by atoms with Crippen molar-refractivity contribution in [3.63, 3.8) is 0 Å². The summed E-state index contributed by atoms with van der Waals surface area (Å²) in [6, 6.07) is 7.63. The summed E-state index contributed by atoms with van der Waals surface area (Å²) in [7, 11) is 2.16. The Bertz CT molecular complexity index is 969. The van der Waals surface area contributed by atoms with Crippen molar-refractivity contribution in [2.45, 2.75) is 25.7 Å². The van der Waals surface area contributed by atoms with E-state index >= 15 is 0 Å². The van der Waals surface area contributed by atoms with Crippen molar-refractivity contribution in [3.8, 4) is 5.69 Å². The lowest BCUT2D eigenvalue weighted by atomic mass is 9.90. The number of carboxylic acid groups (broad SMARTS) is 1. The molecule has 4 rings (SSSR count). The molecule has 26 heavy (non-hydrogen) atoms. The van der Waals surface area contributed by atoms with Crippen LogP contribution in [0.1, 0.15) is 40.2 Å². The molecule has 1 aliphatic rings. The predicted octanol–water partition coefficient (Wildman–Crippen LogP) is 3.84. The molecule has 0 unspecified atom stereocenters. The number of carboxylic acids is 1. The Balaban J connectivity index is 1.89. The Morgan fingerprint density at radius 3 is 2.73 bits per heavy atom. The summed E-state index contributed by atoms with van der Waals surface area (Å²) in [4.78, 5) is 18.4. The fraction of sp³-hybridized carbons (Fsp3) is 0.333. The van der Waals surface area contributed by atoms with Gasteiger partial charge < -0.3 is 14.6 Å². The van der Waals surface area contributed by atoms with Crippen molar-refractivity contribution in [1.82, 2.24) is 14.5 Å². The molecule has 5 heteroatoms. The van der Waals surface area contributed by atoms with Crippen LogP contribution in [0.4, 0.5) is 0 Å². The van der Waals surface area contributed by atoms with Crippen LogP contribution in [0.15, 0.2) is 42.9 Å². The van der Waals surface area contributed by atoms with Gasteiger partial charge in [-0.05, 0) is 69.6 Å². The first-order valence-corrected chi connectivity index (χ1v) is 9.02. The molecule has 0 bridgehead atoms. The summed E-state index contributed by atoms with van der Waals surface area (Å²) in [5.74, 6) is -0.411. The summed E-state index contributed by atoms with van der Waals surface area (Å²) < 4.78 is 2.00. The van der Waals surface area contributed by atoms with Crippen LogP contribution < -0.4 is 0 Å². The van der Waals surface area contributed by atoms with Crippen molar-refractivity contribution in [3.05, 3.63) is 59.5 Å². The fourth-order valence-electron chi connectivity index (χ4n) is 3.98. The van der Waals surface area contributed by atoms with E-state index in [-0.39, 0.29) is 0 Å². The molecule has 1 aliphatic heterocycles. The third-order valence-electron chi connectivity index (χ3n) is 5.44. The molecule has 1 aromatic carbocycles. The smallest absolute Gasteiger partial charge is 0.337 e. The number of aromatic nitrogens is 2. The summed E-state index contributed by atoms with van der Waals surface area (Å²) in [5, 5.41) is 10.8. The maximum atomic E-state index is 11.8. The summed E-state index contributed by atoms with van der Waals surface area (Å²) in [6.07, 6.45) is 8.02. The van der Waals surface area contributed by atoms with E-state index in [1.165, 1.54) is 10.9 Å². The Labute approximate surface area is 152 Å². The van der Waals surface area contributed by atoms with E-state index < -0.39 is 5.97 Å². The van der Waals surface area contributed by atoms with Crippen molar-refractivity contribution in [2.75, 3.05) is 20.1 Å². The molecule has 1 fully saturated rings. The number of hydrogen-bond donors (Lipinski definition) is 1. The van der Waals surface area contributed by atoms with E-state index in [0.717, 1.165) is 37.0 Å². The Morgan fingerprint density at radius 1 is 1.23 bits per heavy atom. The van der Waals surface area contributed by atoms with Crippen LogP contribution in [0.5, 0.6) is 0 Å². The van der Waals surface area contributed by atoms with Crippen LogP contribution in [-0.4, -0.2) is 45.7 Å². The lowest BCUT2D eigenvalue weighted by molar-refractivity contribution is 0.0697. The van der Waals surface area contributed by atoms with Gasteiger partial charge in [-0.25, -0.2) is 4.79 Å². The van der Waals surface area contributed by atoms with Gasteiger partial charge >= 0.3 is 5.97 Å². The zero-order valence-electron chi connectivity index (χ0n) is 15.1. The first-order chi connectivity index (χ1) is 12.5. The molecular weight excluding hydrogens is 326 g/mol. The number of piperidine rings is 1. The number of likely N-dealkylation sites (tertiary alicyclic amines) is 1. The van der Waals surface area contributed by atoms with Crippen molar-refractivity contribution in [1.29, 1.82) is 0 Å². The van der Waals surface area contributed by atoms with Gasteiger partial charge in [0.1, 0.15) is 0 Å². The number of carbonyl (C=O) groups is 1. The highest BCUT2D eigenvalue weighted by Crippen LogP contribution is 2.35. The number of pyridine rings is 1. The number of fused-ring (bicyclic) bond motifs is 1. The van der Waals surface area contributed by atoms with Crippen LogP contribution >= 0.6 is 0 Å². The molecular formula is C21H23N3O2. The number of benzene rings is 1. The highest BCUT2D eigenvalue weighted by Gasteiger charge is 2.23. The Kier molecular flexibility index (Phi) is 4.24. The molecule has 134 valence electrons. The molecule has 0 atom stereocenters. The SMILES string of the molecule is Cc1ccc(-n2cc(C3CCN(C)CC3)c3ccncc32)c(C(=O)O)c1. The van der Waals surface area contributed by atoms with Crippen molar-refractivity contribution in [2.24, 2.45) is 0 Å². The minimum Gasteiger partial charge on any atom is -0.478 e. The third-order valence-corrected chi connectivity index (χ3v) is 5.44. The maximum Gasteiger partial charge on any atom is 0.337 e. The van der Waals surface area contributed by atoms with Gasteiger partial charge in [-0.3, -0.25) is 4.98 Å². The summed E-state index contributed by atoms with van der Waals surface area (Å²) in [6.45, 7) is 4.09. The molecule has 0 aliphatic carbocycles. The normalized spacial score (nSPS) is 16.2. The molecule has 5 nitrogen and oxygen atoms in total. The zero-order valence-corrected chi connectivity index (χ0v) is 15.1. The van der Waals surface area contributed by atoms with E-state index in [1.807, 2.05) is 42.1 Å². The molecule has 3 heterocycles. The lowest BCUT2D eigenvalue weighted by Gasteiger charge is -2.28. The Morgan fingerprint density at radius 2 is 2.00 bits per heavy atom. The lowest BCUT2D eigenvalue weighted by Crippen LogP contribution is -2.29. The van der Waals surface area contributed by atoms with Crippen LogP contribution in [0.25, 0.3) is 16.6 Å². The molecule has 0 radical (unpaired) electrons. The van der Waals surface area contributed by atoms with Gasteiger partial charge in [-0.1, -0.05) is 11.6 Å². The quantitative estimate of drug-likeness (QED) is 0.780. The van der Waals surface area contributed by atoms with Gasteiger partial charge in [-0.15, -0.1) is 0 Å². The molecule has 2 aromatic heterocycles. The molecule has 1 N–H and O–H groups in total. The molecule has 3 aromatic rings. The summed E-state index contributed by atoms with van der Waals surface area (Å²) in [5.41, 5.74) is 4.22. The monoisotopic (exact) mass is 349 g/mol. The minimum absolute atomic E-state index is 0.320. The first-order valence-electron chi connectivity index (χ1n) is 9.02. The maximum absolute atomic E-state index is 11.8. The second-order valence-electron chi connectivity index (χ2n) is 7.25. The molecule has 0 spiro atoms. The number of rotatable bonds is 3. The minimum atomic E-state index is -0.907. The van der Waals surface area contributed by atoms with Crippen molar-refractivity contribution >= 4 is 16.9 Å². The van der Waals surface area contributed by atoms with Crippen LogP contribution in [0, 0.1) is 6.92 Å². The summed E-state index contributed by atoms with van der Waals surface area (Å²) >= 11 is 0. The molecule has 0 amide bonds. The van der Waals surface area contributed by atoms with Gasteiger partial charge in [0.15, 0.2) is 0 Å². The zero-order chi connectivity index (χ0) is 18.3. The second kappa shape index (κ2) is 6.57. The predicted molar refractivity (Wildman–Crippen MR) is 102 cm³/mol. The van der Waals surface area contributed by atoms with Crippen LogP contribution in [-0.2, 0) is 0 Å². The van der Waals surface area contributed by atoms with E-state index in [9.17, 15) is 9.90 Å². The molecule has 1 saturated heterocycles. The number of aryl methyl sites for hydroxylation is 1. The molecule has 0 saturated carbocycles. The van der Waals surface area contributed by atoms with Crippen LogP contribution in [0.2, 0.25) is 0 Å². The van der Waals surface area contributed by atoms with Gasteiger partial charge in [0.2, 0.25) is 0 Å². The van der Waals surface area contributed by atoms with Gasteiger partial charge in [-0.2, -0.15) is 0 Å². The third kappa shape index (κ3) is 2.88. The van der Waals surface area contributed by atoms with Crippen LogP contribution in [0.3, 0.4) is 0 Å². The van der Waals surface area contributed by atoms with Crippen molar-refractivity contribution < 1.29 is 9.90 Å². The van der Waals surface area contributed by atoms with Gasteiger partial charge in [0, 0.05) is 17.8 Å². The highest BCUT2D eigenvalue weighted by molar-refractivity contribution is 5.94. The van der Waals surface area contributed by atoms with Gasteiger partial charge in [0.05, 0.1) is 23.0 Å². The standard InChI is InChI=1S/C21H23N3O2/c1-14-3-4-19(17(11-14)21(25)26)24-13-18(15-6-9-23(2)10-7-15)16-5-8-22-12-20(16)24/h3-5,8,11-13,15H,6-7,9-10H2,1-2H3,(H,25,26). The average molecular weight is 349 g/mol. The number of nitrogens with zero attached hydrogens (tertiary/aromatic N) is 3. The topological polar surface area (TPSA) is 58.4 Å². The van der Waals surface area contributed by atoms with E-state index in [2.05, 4.69) is 23.1 Å². The van der Waals surface area contributed by atoms with Gasteiger partial charge in [0.25, 0.3) is 0 Å². The highest BCUT2D eigenvalue weighted by atomic mass is 16.4. The largest absolute Gasteiger partial charge is 0.478 e. The second-order valence-corrected chi connectivity index (χ2v) is 7.25. The Hall–Kier alpha value is -2.66. The van der Waals surface area contributed by atoms with E-state index in [4.69, 9.17) is 0 Å². The average Bonchev–Trinajstić information content (AvgIpc) is 3.02. The first kappa shape index (κ1) is 16.8.